The van der Waals surface area contributed by atoms with Crippen LogP contribution in [0.4, 0.5) is 4.79 Å². The molecule has 0 radical (unpaired) electrons. The van der Waals surface area contributed by atoms with E-state index in [1.165, 1.54) is 7.11 Å². The van der Waals surface area contributed by atoms with Crippen molar-refractivity contribution < 1.29 is 14.3 Å². The molecule has 0 aliphatic carbocycles. The number of methoxy groups -OCH3 is 1. The zero-order valence-corrected chi connectivity index (χ0v) is 10.7. The highest BCUT2D eigenvalue weighted by Crippen LogP contribution is 2.03. The lowest BCUT2D eigenvalue weighted by atomic mass is 10.1. The number of hydrogen-bond donors (Lipinski definition) is 2. The Balaban J connectivity index is 4.19. The molecule has 5 nitrogen and oxygen atoms in total. The molecular weight excluding hydrogens is 208 g/mol. The fourth-order valence-corrected chi connectivity index (χ4v) is 1.11. The van der Waals surface area contributed by atoms with Crippen LogP contribution < -0.4 is 10.6 Å². The molecule has 0 saturated carbocycles. The molecule has 0 aromatic heterocycles. The van der Waals surface area contributed by atoms with Gasteiger partial charge in [-0.3, -0.25) is 0 Å². The lowest BCUT2D eigenvalue weighted by molar-refractivity contribution is -0.143. The number of nitrogens with one attached hydrogen (secondary N) is 2. The van der Waals surface area contributed by atoms with E-state index in [4.69, 9.17) is 0 Å². The SMILES string of the molecule is COC(=O)[C@@H](NC(=O)NCC(C)C)C(C)C. The summed E-state index contributed by atoms with van der Waals surface area (Å²) >= 11 is 0. The summed E-state index contributed by atoms with van der Waals surface area (Å²) in [7, 11) is 1.31. The van der Waals surface area contributed by atoms with Crippen LogP contribution in [0.15, 0.2) is 0 Å². The molecule has 0 unspecified atom stereocenters. The Bertz CT molecular complexity index is 239. The third-order valence-corrected chi connectivity index (χ3v) is 2.08. The third kappa shape index (κ3) is 5.58. The van der Waals surface area contributed by atoms with Crippen LogP contribution in [-0.2, 0) is 9.53 Å². The molecule has 5 heteroatoms. The lowest BCUT2D eigenvalue weighted by Crippen LogP contribution is -2.49. The fourth-order valence-electron chi connectivity index (χ4n) is 1.11. The Morgan fingerprint density at radius 1 is 1.19 bits per heavy atom. The Hall–Kier alpha value is -1.26. The number of carbonyl (C=O) groups excluding carboxylic acids is 2. The normalized spacial score (nSPS) is 12.4. The van der Waals surface area contributed by atoms with Crippen molar-refractivity contribution in [1.82, 2.24) is 10.6 Å². The van der Waals surface area contributed by atoms with Gasteiger partial charge in [0.05, 0.1) is 7.11 Å². The number of urea groups is 1. The Morgan fingerprint density at radius 2 is 1.75 bits per heavy atom. The summed E-state index contributed by atoms with van der Waals surface area (Å²) in [5.41, 5.74) is 0. The van der Waals surface area contributed by atoms with Crippen LogP contribution in [0.2, 0.25) is 0 Å². The zero-order valence-electron chi connectivity index (χ0n) is 10.7. The summed E-state index contributed by atoms with van der Waals surface area (Å²) in [5.74, 6) is -0.0478. The Morgan fingerprint density at radius 3 is 2.12 bits per heavy atom. The van der Waals surface area contributed by atoms with E-state index in [0.29, 0.717) is 12.5 Å². The maximum Gasteiger partial charge on any atom is 0.328 e. The zero-order chi connectivity index (χ0) is 12.7. The van der Waals surface area contributed by atoms with Crippen LogP contribution in [0.25, 0.3) is 0 Å². The third-order valence-electron chi connectivity index (χ3n) is 2.08. The number of hydrogen-bond acceptors (Lipinski definition) is 3. The average Bonchev–Trinajstić information content (AvgIpc) is 2.21. The molecule has 1 atom stereocenters. The molecule has 0 bridgehead atoms. The van der Waals surface area contributed by atoms with Crippen molar-refractivity contribution >= 4 is 12.0 Å². The molecule has 0 aliphatic heterocycles. The van der Waals surface area contributed by atoms with Gasteiger partial charge in [0, 0.05) is 6.54 Å². The summed E-state index contributed by atoms with van der Waals surface area (Å²) in [4.78, 5) is 22.8. The predicted molar refractivity (Wildman–Crippen MR) is 62.0 cm³/mol. The first kappa shape index (κ1) is 14.7. The van der Waals surface area contributed by atoms with Crippen molar-refractivity contribution in [1.29, 1.82) is 0 Å². The van der Waals surface area contributed by atoms with Gasteiger partial charge in [-0.05, 0) is 11.8 Å². The average molecular weight is 230 g/mol. The van der Waals surface area contributed by atoms with Crippen LogP contribution in [0, 0.1) is 11.8 Å². The molecule has 0 aromatic carbocycles. The standard InChI is InChI=1S/C11H22N2O3/c1-7(2)6-12-11(15)13-9(8(3)4)10(14)16-5/h7-9H,6H2,1-5H3,(H2,12,13,15)/t9-/m0/s1. The Kier molecular flexibility index (Phi) is 6.53. The minimum absolute atomic E-state index is 0.00255. The van der Waals surface area contributed by atoms with Gasteiger partial charge in [0.25, 0.3) is 0 Å². The molecule has 0 aromatic rings. The van der Waals surface area contributed by atoms with Gasteiger partial charge in [-0.2, -0.15) is 0 Å². The second kappa shape index (κ2) is 7.09. The van der Waals surface area contributed by atoms with Crippen molar-refractivity contribution in [2.45, 2.75) is 33.7 Å². The van der Waals surface area contributed by atoms with Crippen molar-refractivity contribution in [3.8, 4) is 0 Å². The minimum atomic E-state index is -0.600. The second-order valence-corrected chi connectivity index (χ2v) is 4.49. The largest absolute Gasteiger partial charge is 0.467 e. The van der Waals surface area contributed by atoms with Gasteiger partial charge in [0.1, 0.15) is 6.04 Å². The van der Waals surface area contributed by atoms with Crippen molar-refractivity contribution in [2.24, 2.45) is 11.8 Å². The van der Waals surface area contributed by atoms with E-state index in [0.717, 1.165) is 0 Å². The highest BCUT2D eigenvalue weighted by atomic mass is 16.5. The van der Waals surface area contributed by atoms with Gasteiger partial charge in [-0.15, -0.1) is 0 Å². The maximum absolute atomic E-state index is 11.5. The van der Waals surface area contributed by atoms with Crippen LogP contribution in [0.3, 0.4) is 0 Å². The van der Waals surface area contributed by atoms with E-state index < -0.39 is 12.0 Å². The predicted octanol–water partition coefficient (Wildman–Crippen LogP) is 1.14. The van der Waals surface area contributed by atoms with E-state index in [1.54, 1.807) is 0 Å². The van der Waals surface area contributed by atoms with E-state index in [9.17, 15) is 9.59 Å². The number of carbonyl (C=O) groups is 2. The summed E-state index contributed by atoms with van der Waals surface area (Å²) < 4.78 is 4.62. The first-order valence-corrected chi connectivity index (χ1v) is 5.50. The fraction of sp³-hybridized carbons (Fsp3) is 0.818. The van der Waals surface area contributed by atoms with Crippen LogP contribution in [0.1, 0.15) is 27.7 Å². The van der Waals surface area contributed by atoms with Crippen LogP contribution in [-0.4, -0.2) is 31.7 Å². The maximum atomic E-state index is 11.5. The monoisotopic (exact) mass is 230 g/mol. The molecule has 0 saturated heterocycles. The molecule has 0 fully saturated rings. The Labute approximate surface area is 96.9 Å². The van der Waals surface area contributed by atoms with E-state index >= 15 is 0 Å². The summed E-state index contributed by atoms with van der Waals surface area (Å²) in [5, 5.41) is 5.29. The molecule has 0 spiro atoms. The molecule has 94 valence electrons. The van der Waals surface area contributed by atoms with Crippen LogP contribution in [0.5, 0.6) is 0 Å². The van der Waals surface area contributed by atoms with E-state index in [2.05, 4.69) is 15.4 Å². The van der Waals surface area contributed by atoms with Gasteiger partial charge in [-0.1, -0.05) is 27.7 Å². The van der Waals surface area contributed by atoms with E-state index in [1.807, 2.05) is 27.7 Å². The van der Waals surface area contributed by atoms with Gasteiger partial charge < -0.3 is 15.4 Å². The van der Waals surface area contributed by atoms with Gasteiger partial charge in [0.15, 0.2) is 0 Å². The summed E-state index contributed by atoms with van der Waals surface area (Å²) in [6.07, 6.45) is 0. The minimum Gasteiger partial charge on any atom is -0.467 e. The molecule has 16 heavy (non-hydrogen) atoms. The second-order valence-electron chi connectivity index (χ2n) is 4.49. The number of rotatable bonds is 5. The molecule has 2 N–H and O–H groups in total. The highest BCUT2D eigenvalue weighted by molar-refractivity contribution is 5.83. The lowest BCUT2D eigenvalue weighted by Gasteiger charge is -2.20. The molecule has 0 heterocycles. The van der Waals surface area contributed by atoms with Crippen molar-refractivity contribution in [3.05, 3.63) is 0 Å². The van der Waals surface area contributed by atoms with Gasteiger partial charge >= 0.3 is 12.0 Å². The van der Waals surface area contributed by atoms with Crippen LogP contribution >= 0.6 is 0 Å². The van der Waals surface area contributed by atoms with Gasteiger partial charge in [-0.25, -0.2) is 9.59 Å². The molecule has 0 aliphatic rings. The topological polar surface area (TPSA) is 67.4 Å². The summed E-state index contributed by atoms with van der Waals surface area (Å²) in [6.45, 7) is 8.29. The highest BCUT2D eigenvalue weighted by Gasteiger charge is 2.24. The van der Waals surface area contributed by atoms with E-state index in [-0.39, 0.29) is 11.9 Å². The molecular formula is C11H22N2O3. The number of esters is 1. The molecule has 0 rings (SSSR count). The van der Waals surface area contributed by atoms with Gasteiger partial charge in [0.2, 0.25) is 0 Å². The summed E-state index contributed by atoms with van der Waals surface area (Å²) in [6, 6.07) is -0.935. The molecule has 2 amide bonds. The number of ether oxygens (including phenoxy) is 1. The van der Waals surface area contributed by atoms with Crippen molar-refractivity contribution in [3.63, 3.8) is 0 Å². The first-order chi connectivity index (χ1) is 7.38. The first-order valence-electron chi connectivity index (χ1n) is 5.50. The number of amides is 2. The smallest absolute Gasteiger partial charge is 0.328 e. The quantitative estimate of drug-likeness (QED) is 0.696. The van der Waals surface area contributed by atoms with Crippen molar-refractivity contribution in [2.75, 3.05) is 13.7 Å².